The molecule has 1 saturated carbocycles. The summed E-state index contributed by atoms with van der Waals surface area (Å²) >= 11 is 0. The van der Waals surface area contributed by atoms with E-state index in [0.29, 0.717) is 24.5 Å². The number of rotatable bonds is 4. The normalized spacial score (nSPS) is 17.6. The van der Waals surface area contributed by atoms with Crippen LogP contribution < -0.4 is 10.2 Å². The molecule has 1 aromatic heterocycles. The van der Waals surface area contributed by atoms with Crippen LogP contribution in [0.2, 0.25) is 0 Å². The van der Waals surface area contributed by atoms with Gasteiger partial charge in [-0.3, -0.25) is 9.59 Å². The number of amides is 2. The van der Waals surface area contributed by atoms with Crippen LogP contribution in [-0.4, -0.2) is 53.9 Å². The fraction of sp³-hybridized carbons (Fsp3) is 0.409. The van der Waals surface area contributed by atoms with E-state index in [9.17, 15) is 9.59 Å². The molecule has 2 heterocycles. The molecule has 2 aliphatic rings. The summed E-state index contributed by atoms with van der Waals surface area (Å²) in [5.41, 5.74) is 1.84. The first-order chi connectivity index (χ1) is 13.7. The minimum Gasteiger partial charge on any atom is -0.368 e. The number of pyridine rings is 1. The lowest BCUT2D eigenvalue weighted by Crippen LogP contribution is -2.49. The van der Waals surface area contributed by atoms with E-state index in [2.05, 4.69) is 27.3 Å². The van der Waals surface area contributed by atoms with Crippen molar-refractivity contribution in [1.82, 2.24) is 15.2 Å². The topological polar surface area (TPSA) is 65.5 Å². The van der Waals surface area contributed by atoms with Crippen molar-refractivity contribution in [3.8, 4) is 0 Å². The lowest BCUT2D eigenvalue weighted by molar-refractivity contribution is 0.0740. The van der Waals surface area contributed by atoms with Crippen molar-refractivity contribution in [3.63, 3.8) is 0 Å². The molecule has 28 heavy (non-hydrogen) atoms. The third-order valence-electron chi connectivity index (χ3n) is 5.58. The van der Waals surface area contributed by atoms with E-state index in [-0.39, 0.29) is 17.9 Å². The van der Waals surface area contributed by atoms with Gasteiger partial charge in [-0.25, -0.2) is 4.98 Å². The standard InChI is InChI=1S/C22H26N4O2/c27-21(23-17-7-4-5-8-17)19-11-6-12-20(24-19)22(28)26-15-13-25(14-16-26)18-9-2-1-3-10-18/h1-3,6,9-12,17H,4-5,7-8,13-16H2,(H,23,27). The van der Waals surface area contributed by atoms with E-state index in [1.807, 2.05) is 23.1 Å². The molecule has 0 spiro atoms. The second-order valence-electron chi connectivity index (χ2n) is 7.48. The molecule has 1 aromatic carbocycles. The maximum atomic E-state index is 12.9. The van der Waals surface area contributed by atoms with E-state index in [1.165, 1.54) is 5.69 Å². The van der Waals surface area contributed by atoms with Gasteiger partial charge in [-0.05, 0) is 37.1 Å². The number of nitrogens with zero attached hydrogens (tertiary/aromatic N) is 3. The van der Waals surface area contributed by atoms with Crippen LogP contribution in [0, 0.1) is 0 Å². The molecule has 1 saturated heterocycles. The third-order valence-corrected chi connectivity index (χ3v) is 5.58. The summed E-state index contributed by atoms with van der Waals surface area (Å²) in [6, 6.07) is 15.6. The van der Waals surface area contributed by atoms with Crippen LogP contribution in [0.15, 0.2) is 48.5 Å². The van der Waals surface area contributed by atoms with Crippen molar-refractivity contribution in [3.05, 3.63) is 59.9 Å². The Kier molecular flexibility index (Phi) is 5.55. The van der Waals surface area contributed by atoms with Crippen LogP contribution in [0.25, 0.3) is 0 Å². The molecule has 0 atom stereocenters. The fourth-order valence-electron chi connectivity index (χ4n) is 3.98. The van der Waals surface area contributed by atoms with E-state index < -0.39 is 0 Å². The van der Waals surface area contributed by atoms with Crippen molar-refractivity contribution >= 4 is 17.5 Å². The van der Waals surface area contributed by atoms with Gasteiger partial charge in [0.2, 0.25) is 0 Å². The fourth-order valence-corrected chi connectivity index (χ4v) is 3.98. The number of para-hydroxylation sites is 1. The highest BCUT2D eigenvalue weighted by Crippen LogP contribution is 2.19. The average molecular weight is 378 g/mol. The van der Waals surface area contributed by atoms with Gasteiger partial charge in [0.25, 0.3) is 11.8 Å². The first-order valence-corrected chi connectivity index (χ1v) is 10.1. The molecule has 2 aromatic rings. The van der Waals surface area contributed by atoms with Gasteiger partial charge >= 0.3 is 0 Å². The van der Waals surface area contributed by atoms with Gasteiger partial charge in [-0.15, -0.1) is 0 Å². The van der Waals surface area contributed by atoms with Crippen LogP contribution in [-0.2, 0) is 0 Å². The zero-order valence-electron chi connectivity index (χ0n) is 16.0. The van der Waals surface area contributed by atoms with Gasteiger partial charge in [-0.1, -0.05) is 37.1 Å². The Morgan fingerprint density at radius 1 is 0.857 bits per heavy atom. The summed E-state index contributed by atoms with van der Waals surface area (Å²) in [5, 5.41) is 3.03. The second kappa shape index (κ2) is 8.42. The van der Waals surface area contributed by atoms with Gasteiger partial charge in [-0.2, -0.15) is 0 Å². The maximum absolute atomic E-state index is 12.9. The second-order valence-corrected chi connectivity index (χ2v) is 7.48. The van der Waals surface area contributed by atoms with Crippen molar-refractivity contribution in [2.45, 2.75) is 31.7 Å². The lowest BCUT2D eigenvalue weighted by atomic mass is 10.2. The summed E-state index contributed by atoms with van der Waals surface area (Å²) in [4.78, 5) is 33.8. The predicted molar refractivity (Wildman–Crippen MR) is 109 cm³/mol. The number of aromatic nitrogens is 1. The molecule has 0 unspecified atom stereocenters. The molecular formula is C22H26N4O2. The Labute approximate surface area is 165 Å². The highest BCUT2D eigenvalue weighted by atomic mass is 16.2. The molecule has 4 rings (SSSR count). The quantitative estimate of drug-likeness (QED) is 0.888. The van der Waals surface area contributed by atoms with E-state index in [0.717, 1.165) is 38.8 Å². The van der Waals surface area contributed by atoms with Gasteiger partial charge in [0.05, 0.1) is 0 Å². The highest BCUT2D eigenvalue weighted by molar-refractivity contribution is 5.96. The molecule has 1 aliphatic heterocycles. The molecule has 146 valence electrons. The SMILES string of the molecule is O=C(NC1CCCC1)c1cccc(C(=O)N2CCN(c3ccccc3)CC2)n1. The van der Waals surface area contributed by atoms with Crippen LogP contribution in [0.1, 0.15) is 46.7 Å². The van der Waals surface area contributed by atoms with Crippen molar-refractivity contribution in [2.24, 2.45) is 0 Å². The number of carbonyl (C=O) groups is 2. The number of nitrogens with one attached hydrogen (secondary N) is 1. The lowest BCUT2D eigenvalue weighted by Gasteiger charge is -2.36. The van der Waals surface area contributed by atoms with Crippen LogP contribution in [0.5, 0.6) is 0 Å². The summed E-state index contributed by atoms with van der Waals surface area (Å²) < 4.78 is 0. The molecule has 1 aliphatic carbocycles. The van der Waals surface area contributed by atoms with E-state index >= 15 is 0 Å². The van der Waals surface area contributed by atoms with E-state index in [4.69, 9.17) is 0 Å². The van der Waals surface area contributed by atoms with Gasteiger partial charge < -0.3 is 15.1 Å². The molecule has 0 bridgehead atoms. The zero-order valence-corrected chi connectivity index (χ0v) is 16.0. The zero-order chi connectivity index (χ0) is 19.3. The summed E-state index contributed by atoms with van der Waals surface area (Å²) in [6.07, 6.45) is 4.36. The number of carbonyl (C=O) groups excluding carboxylic acids is 2. The van der Waals surface area contributed by atoms with Crippen molar-refractivity contribution < 1.29 is 9.59 Å². The average Bonchev–Trinajstić information content (AvgIpc) is 3.27. The highest BCUT2D eigenvalue weighted by Gasteiger charge is 2.24. The molecule has 2 fully saturated rings. The van der Waals surface area contributed by atoms with Gasteiger partial charge in [0, 0.05) is 37.9 Å². The Morgan fingerprint density at radius 2 is 1.54 bits per heavy atom. The van der Waals surface area contributed by atoms with Crippen LogP contribution >= 0.6 is 0 Å². The molecule has 6 nitrogen and oxygen atoms in total. The largest absolute Gasteiger partial charge is 0.368 e. The smallest absolute Gasteiger partial charge is 0.272 e. The number of hydrogen-bond donors (Lipinski definition) is 1. The first-order valence-electron chi connectivity index (χ1n) is 10.1. The number of hydrogen-bond acceptors (Lipinski definition) is 4. The summed E-state index contributed by atoms with van der Waals surface area (Å²) in [6.45, 7) is 2.87. The van der Waals surface area contributed by atoms with Gasteiger partial charge in [0.15, 0.2) is 0 Å². The minimum atomic E-state index is -0.185. The Balaban J connectivity index is 1.38. The van der Waals surface area contributed by atoms with Crippen molar-refractivity contribution in [1.29, 1.82) is 0 Å². The molecular weight excluding hydrogens is 352 g/mol. The maximum Gasteiger partial charge on any atom is 0.272 e. The Hall–Kier alpha value is -2.89. The summed E-state index contributed by atoms with van der Waals surface area (Å²) in [5.74, 6) is -0.293. The minimum absolute atomic E-state index is 0.108. The first kappa shape index (κ1) is 18.5. The van der Waals surface area contributed by atoms with Gasteiger partial charge in [0.1, 0.15) is 11.4 Å². The van der Waals surface area contributed by atoms with Crippen molar-refractivity contribution in [2.75, 3.05) is 31.1 Å². The molecule has 1 N–H and O–H groups in total. The number of anilines is 1. The Morgan fingerprint density at radius 3 is 2.25 bits per heavy atom. The Bertz CT molecular complexity index is 825. The number of benzene rings is 1. The molecule has 2 amide bonds. The van der Waals surface area contributed by atoms with Crippen LogP contribution in [0.3, 0.4) is 0 Å². The molecule has 0 radical (unpaired) electrons. The molecule has 6 heteroatoms. The van der Waals surface area contributed by atoms with Crippen LogP contribution in [0.4, 0.5) is 5.69 Å². The van der Waals surface area contributed by atoms with E-state index in [1.54, 1.807) is 18.2 Å². The number of piperazine rings is 1. The predicted octanol–water partition coefficient (Wildman–Crippen LogP) is 2.72. The third kappa shape index (κ3) is 4.16. The summed E-state index contributed by atoms with van der Waals surface area (Å²) in [7, 11) is 0. The monoisotopic (exact) mass is 378 g/mol.